The van der Waals surface area contributed by atoms with Gasteiger partial charge in [0.2, 0.25) is 0 Å². The molecule has 0 unspecified atom stereocenters. The van der Waals surface area contributed by atoms with Crippen molar-refractivity contribution in [2.45, 2.75) is 19.3 Å². The molecule has 4 heteroatoms. The van der Waals surface area contributed by atoms with Crippen LogP contribution in [0.3, 0.4) is 0 Å². The number of hydrogen-bond donors (Lipinski definition) is 1. The van der Waals surface area contributed by atoms with Crippen molar-refractivity contribution in [3.8, 4) is 5.75 Å². The second-order valence-electron chi connectivity index (χ2n) is 4.95. The average Bonchev–Trinajstić information content (AvgIpc) is 2.46. The average molecular weight is 283 g/mol. The molecule has 0 amide bonds. The summed E-state index contributed by atoms with van der Waals surface area (Å²) in [6.07, 6.45) is 3.62. The fourth-order valence-corrected chi connectivity index (χ4v) is 2.40. The highest BCUT2D eigenvalue weighted by Gasteiger charge is 2.07. The molecule has 1 aromatic rings. The van der Waals surface area contributed by atoms with E-state index in [2.05, 4.69) is 10.2 Å². The third kappa shape index (κ3) is 5.81. The van der Waals surface area contributed by atoms with Gasteiger partial charge in [-0.25, -0.2) is 0 Å². The highest BCUT2D eigenvalue weighted by molar-refractivity contribution is 6.30. The number of nitrogens with one attached hydrogen (secondary N) is 1. The predicted molar refractivity (Wildman–Crippen MR) is 80.1 cm³/mol. The molecule has 2 rings (SSSR count). The smallest absolute Gasteiger partial charge is 0.119 e. The molecule has 1 N–H and O–H groups in total. The molecule has 19 heavy (non-hydrogen) atoms. The Morgan fingerprint density at radius 3 is 2.53 bits per heavy atom. The summed E-state index contributed by atoms with van der Waals surface area (Å²) in [7, 11) is 0. The summed E-state index contributed by atoms with van der Waals surface area (Å²) in [6.45, 7) is 6.69. The van der Waals surface area contributed by atoms with Crippen molar-refractivity contribution >= 4 is 11.6 Å². The SMILES string of the molecule is Clc1ccc(OCCCCCN2CCNCC2)cc1. The Bertz CT molecular complexity index is 350. The second-order valence-corrected chi connectivity index (χ2v) is 5.39. The molecule has 106 valence electrons. The van der Waals surface area contributed by atoms with E-state index in [4.69, 9.17) is 16.3 Å². The predicted octanol–water partition coefficient (Wildman–Crippen LogP) is 2.79. The molecule has 1 saturated heterocycles. The van der Waals surface area contributed by atoms with Crippen LogP contribution in [0.25, 0.3) is 0 Å². The van der Waals surface area contributed by atoms with Crippen molar-refractivity contribution in [2.75, 3.05) is 39.3 Å². The molecule has 1 aliphatic rings. The molecule has 0 aromatic heterocycles. The fraction of sp³-hybridized carbons (Fsp3) is 0.600. The van der Waals surface area contributed by atoms with Crippen LogP contribution in [0.1, 0.15) is 19.3 Å². The maximum absolute atomic E-state index is 5.82. The first-order valence-electron chi connectivity index (χ1n) is 7.16. The summed E-state index contributed by atoms with van der Waals surface area (Å²) in [5.74, 6) is 0.909. The van der Waals surface area contributed by atoms with Crippen LogP contribution < -0.4 is 10.1 Å². The van der Waals surface area contributed by atoms with Crippen LogP contribution >= 0.6 is 11.6 Å². The highest BCUT2D eigenvalue weighted by Crippen LogP contribution is 2.15. The molecule has 1 aromatic carbocycles. The number of ether oxygens (including phenoxy) is 1. The fourth-order valence-electron chi connectivity index (χ4n) is 2.27. The molecule has 3 nitrogen and oxygen atoms in total. The maximum atomic E-state index is 5.82. The van der Waals surface area contributed by atoms with Crippen molar-refractivity contribution in [1.82, 2.24) is 10.2 Å². The van der Waals surface area contributed by atoms with Crippen LogP contribution in [0, 0.1) is 0 Å². The van der Waals surface area contributed by atoms with Crippen LogP contribution in [0.4, 0.5) is 0 Å². The van der Waals surface area contributed by atoms with Gasteiger partial charge in [-0.15, -0.1) is 0 Å². The minimum Gasteiger partial charge on any atom is -0.494 e. The van der Waals surface area contributed by atoms with Gasteiger partial charge >= 0.3 is 0 Å². The Hall–Kier alpha value is -0.770. The van der Waals surface area contributed by atoms with Gasteiger partial charge in [-0.2, -0.15) is 0 Å². The first-order valence-corrected chi connectivity index (χ1v) is 7.54. The quantitative estimate of drug-likeness (QED) is 0.779. The standard InChI is InChI=1S/C15H23ClN2O/c16-14-4-6-15(7-5-14)19-13-3-1-2-10-18-11-8-17-9-12-18/h4-7,17H,1-3,8-13H2. The van der Waals surface area contributed by atoms with Crippen LogP contribution in [0.15, 0.2) is 24.3 Å². The number of nitrogens with zero attached hydrogens (tertiary/aromatic N) is 1. The molecule has 1 heterocycles. The van der Waals surface area contributed by atoms with Gasteiger partial charge in [0, 0.05) is 31.2 Å². The van der Waals surface area contributed by atoms with E-state index < -0.39 is 0 Å². The number of hydrogen-bond acceptors (Lipinski definition) is 3. The zero-order valence-corrected chi connectivity index (χ0v) is 12.2. The molecule has 0 atom stereocenters. The zero-order chi connectivity index (χ0) is 13.3. The summed E-state index contributed by atoms with van der Waals surface area (Å²) < 4.78 is 5.67. The molecule has 0 bridgehead atoms. The van der Waals surface area contributed by atoms with Crippen molar-refractivity contribution in [3.05, 3.63) is 29.3 Å². The van der Waals surface area contributed by atoms with Gasteiger partial charge in [0.1, 0.15) is 5.75 Å². The Morgan fingerprint density at radius 2 is 1.79 bits per heavy atom. The summed E-state index contributed by atoms with van der Waals surface area (Å²) in [4.78, 5) is 2.54. The van der Waals surface area contributed by atoms with Crippen molar-refractivity contribution in [1.29, 1.82) is 0 Å². The molecule has 0 spiro atoms. The largest absolute Gasteiger partial charge is 0.494 e. The van der Waals surface area contributed by atoms with E-state index in [-0.39, 0.29) is 0 Å². The van der Waals surface area contributed by atoms with Crippen LogP contribution in [0.5, 0.6) is 5.75 Å². The van der Waals surface area contributed by atoms with Crippen molar-refractivity contribution < 1.29 is 4.74 Å². The van der Waals surface area contributed by atoms with Crippen LogP contribution in [0.2, 0.25) is 5.02 Å². The number of piperazine rings is 1. The van der Waals surface area contributed by atoms with Gasteiger partial charge in [-0.1, -0.05) is 11.6 Å². The number of benzene rings is 1. The molecule has 0 saturated carbocycles. The monoisotopic (exact) mass is 282 g/mol. The first kappa shape index (κ1) is 14.6. The summed E-state index contributed by atoms with van der Waals surface area (Å²) in [5, 5.41) is 4.13. The lowest BCUT2D eigenvalue weighted by Crippen LogP contribution is -2.43. The molecular weight excluding hydrogens is 260 g/mol. The number of unbranched alkanes of at least 4 members (excludes halogenated alkanes) is 2. The minimum absolute atomic E-state index is 0.753. The molecule has 0 aliphatic carbocycles. The van der Waals surface area contributed by atoms with E-state index in [0.29, 0.717) is 0 Å². The van der Waals surface area contributed by atoms with E-state index in [1.54, 1.807) is 0 Å². The Balaban J connectivity index is 1.49. The highest BCUT2D eigenvalue weighted by atomic mass is 35.5. The van der Waals surface area contributed by atoms with Gasteiger partial charge in [-0.3, -0.25) is 0 Å². The van der Waals surface area contributed by atoms with Gasteiger partial charge in [0.15, 0.2) is 0 Å². The van der Waals surface area contributed by atoms with Gasteiger partial charge in [0.05, 0.1) is 6.61 Å². The summed E-state index contributed by atoms with van der Waals surface area (Å²) >= 11 is 5.82. The minimum atomic E-state index is 0.753. The van der Waals surface area contributed by atoms with Gasteiger partial charge in [-0.05, 0) is 50.1 Å². The molecule has 0 radical (unpaired) electrons. The number of rotatable bonds is 7. The van der Waals surface area contributed by atoms with E-state index in [0.717, 1.165) is 36.9 Å². The lowest BCUT2D eigenvalue weighted by molar-refractivity contribution is 0.232. The van der Waals surface area contributed by atoms with Crippen molar-refractivity contribution in [3.63, 3.8) is 0 Å². The van der Waals surface area contributed by atoms with E-state index in [1.807, 2.05) is 24.3 Å². The topological polar surface area (TPSA) is 24.5 Å². The van der Waals surface area contributed by atoms with E-state index in [1.165, 1.54) is 32.5 Å². The Labute approximate surface area is 120 Å². The van der Waals surface area contributed by atoms with Gasteiger partial charge in [0.25, 0.3) is 0 Å². The van der Waals surface area contributed by atoms with Crippen LogP contribution in [-0.2, 0) is 0 Å². The van der Waals surface area contributed by atoms with Crippen molar-refractivity contribution in [2.24, 2.45) is 0 Å². The third-order valence-electron chi connectivity index (χ3n) is 3.41. The lowest BCUT2D eigenvalue weighted by atomic mass is 10.2. The Morgan fingerprint density at radius 1 is 1.05 bits per heavy atom. The molecular formula is C15H23ClN2O. The summed E-state index contributed by atoms with van der Waals surface area (Å²) in [5.41, 5.74) is 0. The van der Waals surface area contributed by atoms with Gasteiger partial charge < -0.3 is 15.0 Å². The lowest BCUT2D eigenvalue weighted by Gasteiger charge is -2.26. The first-order chi connectivity index (χ1) is 9.34. The number of halogens is 1. The van der Waals surface area contributed by atoms with Crippen LogP contribution in [-0.4, -0.2) is 44.2 Å². The van der Waals surface area contributed by atoms with E-state index >= 15 is 0 Å². The molecule has 1 fully saturated rings. The molecule has 1 aliphatic heterocycles. The zero-order valence-electron chi connectivity index (χ0n) is 11.4. The maximum Gasteiger partial charge on any atom is 0.119 e. The second kappa shape index (κ2) is 8.41. The third-order valence-corrected chi connectivity index (χ3v) is 3.66. The van der Waals surface area contributed by atoms with E-state index in [9.17, 15) is 0 Å². The normalized spacial score (nSPS) is 16.5. The Kier molecular flexibility index (Phi) is 6.48. The summed E-state index contributed by atoms with van der Waals surface area (Å²) in [6, 6.07) is 7.56.